The topological polar surface area (TPSA) is 107 Å². The van der Waals surface area contributed by atoms with Crippen LogP contribution in [0, 0.1) is 5.92 Å². The number of nitrogens with zero attached hydrogens (tertiary/aromatic N) is 2. The van der Waals surface area contributed by atoms with Gasteiger partial charge in [0.1, 0.15) is 0 Å². The van der Waals surface area contributed by atoms with Gasteiger partial charge in [0.2, 0.25) is 0 Å². The van der Waals surface area contributed by atoms with Crippen LogP contribution in [0.3, 0.4) is 0 Å². The minimum Gasteiger partial charge on any atom is -0.481 e. The lowest BCUT2D eigenvalue weighted by Gasteiger charge is -2.16. The summed E-state index contributed by atoms with van der Waals surface area (Å²) in [6, 6.07) is 6.49. The fraction of sp³-hybridized carbons (Fsp3) is 0.286. The number of amides is 2. The first kappa shape index (κ1) is 14.7. The molecule has 0 fully saturated rings. The second kappa shape index (κ2) is 6.17. The Morgan fingerprint density at radius 1 is 1.24 bits per heavy atom. The van der Waals surface area contributed by atoms with Crippen LogP contribution >= 0.6 is 0 Å². The number of carbonyl (C=O) groups is 3. The van der Waals surface area contributed by atoms with E-state index in [4.69, 9.17) is 10.3 Å². The van der Waals surface area contributed by atoms with Crippen LogP contribution in [0.5, 0.6) is 0 Å². The molecule has 0 bridgehead atoms. The molecule has 1 atom stereocenters. The summed E-state index contributed by atoms with van der Waals surface area (Å²) in [6.45, 7) is 0.0165. The van der Waals surface area contributed by atoms with Gasteiger partial charge in [-0.05, 0) is 25.0 Å². The Morgan fingerprint density at radius 3 is 2.29 bits per heavy atom. The molecule has 110 valence electrons. The predicted molar refractivity (Wildman–Crippen MR) is 72.4 cm³/mol. The zero-order valence-corrected chi connectivity index (χ0v) is 11.1. The van der Waals surface area contributed by atoms with E-state index in [1.54, 1.807) is 24.3 Å². The molecule has 7 heteroatoms. The second-order valence-corrected chi connectivity index (χ2v) is 4.67. The Morgan fingerprint density at radius 2 is 1.81 bits per heavy atom. The van der Waals surface area contributed by atoms with Crippen molar-refractivity contribution in [3.8, 4) is 0 Å². The molecule has 0 spiro atoms. The van der Waals surface area contributed by atoms with E-state index >= 15 is 0 Å². The lowest BCUT2D eigenvalue weighted by molar-refractivity contribution is -0.141. The van der Waals surface area contributed by atoms with Gasteiger partial charge in [-0.2, -0.15) is 0 Å². The van der Waals surface area contributed by atoms with Crippen molar-refractivity contribution < 1.29 is 24.7 Å². The molecule has 0 saturated heterocycles. The van der Waals surface area contributed by atoms with Crippen LogP contribution in [0.4, 0.5) is 0 Å². The molecule has 7 nitrogen and oxygen atoms in total. The van der Waals surface area contributed by atoms with Crippen molar-refractivity contribution in [3.05, 3.63) is 35.4 Å². The monoisotopic (exact) mass is 290 g/mol. The largest absolute Gasteiger partial charge is 0.481 e. The van der Waals surface area contributed by atoms with Gasteiger partial charge in [0.05, 0.1) is 17.0 Å². The quantitative estimate of drug-likeness (QED) is 0.354. The fourth-order valence-electron chi connectivity index (χ4n) is 2.24. The van der Waals surface area contributed by atoms with Gasteiger partial charge in [-0.25, -0.2) is 0 Å². The summed E-state index contributed by atoms with van der Waals surface area (Å²) in [4.78, 5) is 36.3. The van der Waals surface area contributed by atoms with Gasteiger partial charge in [0, 0.05) is 12.8 Å². The van der Waals surface area contributed by atoms with Crippen LogP contribution in [0.25, 0.3) is 0 Å². The van der Waals surface area contributed by atoms with Crippen molar-refractivity contribution in [2.24, 2.45) is 11.1 Å². The molecule has 2 N–H and O–H groups in total. The first-order valence-corrected chi connectivity index (χ1v) is 6.40. The molecule has 1 heterocycles. The molecule has 0 aromatic heterocycles. The van der Waals surface area contributed by atoms with Gasteiger partial charge in [-0.3, -0.25) is 19.3 Å². The lowest BCUT2D eigenvalue weighted by atomic mass is 10.0. The number of benzene rings is 1. The Labute approximate surface area is 120 Å². The fourth-order valence-corrected chi connectivity index (χ4v) is 2.24. The number of hydrogen-bond acceptors (Lipinski definition) is 5. The molecule has 1 unspecified atom stereocenters. The van der Waals surface area contributed by atoms with Gasteiger partial charge in [-0.1, -0.05) is 12.1 Å². The van der Waals surface area contributed by atoms with Gasteiger partial charge >= 0.3 is 5.97 Å². The highest BCUT2D eigenvalue weighted by atomic mass is 16.4. The summed E-state index contributed by atoms with van der Waals surface area (Å²) in [7, 11) is 0. The van der Waals surface area contributed by atoms with E-state index in [0.717, 1.165) is 11.1 Å². The number of carbonyl (C=O) groups excluding carboxylic acids is 2. The summed E-state index contributed by atoms with van der Waals surface area (Å²) in [5.74, 6) is -2.69. The van der Waals surface area contributed by atoms with E-state index in [0.29, 0.717) is 11.1 Å². The summed E-state index contributed by atoms with van der Waals surface area (Å²) in [6.07, 6.45) is 1.23. The average Bonchev–Trinajstić information content (AvgIpc) is 2.72. The number of carboxylic acids is 1. The number of hydrogen-bond donors (Lipinski definition) is 2. The Balaban J connectivity index is 2.06. The molecule has 0 aliphatic carbocycles. The highest BCUT2D eigenvalue weighted by Gasteiger charge is 2.35. The van der Waals surface area contributed by atoms with E-state index in [1.807, 2.05) is 0 Å². The van der Waals surface area contributed by atoms with Gasteiger partial charge in [0.25, 0.3) is 11.8 Å². The number of fused-ring (bicyclic) bond motifs is 1. The molecular weight excluding hydrogens is 276 g/mol. The molecule has 1 aromatic carbocycles. The van der Waals surface area contributed by atoms with Crippen LogP contribution < -0.4 is 0 Å². The first-order valence-electron chi connectivity index (χ1n) is 6.40. The molecule has 1 aliphatic rings. The van der Waals surface area contributed by atoms with E-state index in [-0.39, 0.29) is 19.4 Å². The van der Waals surface area contributed by atoms with Crippen LogP contribution in [0.1, 0.15) is 33.6 Å². The maximum Gasteiger partial charge on any atom is 0.306 e. The third-order valence-electron chi connectivity index (χ3n) is 3.40. The predicted octanol–water partition coefficient (Wildman–Crippen LogP) is 1.22. The second-order valence-electron chi connectivity index (χ2n) is 4.67. The summed E-state index contributed by atoms with van der Waals surface area (Å²) in [5, 5.41) is 20.1. The molecule has 21 heavy (non-hydrogen) atoms. The minimum atomic E-state index is -1.06. The first-order chi connectivity index (χ1) is 10.1. The smallest absolute Gasteiger partial charge is 0.306 e. The number of aliphatic carboxylic acids is 1. The SMILES string of the molecule is O=C(O)C(CC=NO)CCN1C(=O)c2ccccc2C1=O. The summed E-state index contributed by atoms with van der Waals surface area (Å²) < 4.78 is 0. The maximum absolute atomic E-state index is 12.1. The summed E-state index contributed by atoms with van der Waals surface area (Å²) in [5.41, 5.74) is 0.678. The van der Waals surface area contributed by atoms with E-state index in [9.17, 15) is 14.4 Å². The highest BCUT2D eigenvalue weighted by molar-refractivity contribution is 6.21. The third kappa shape index (κ3) is 2.91. The van der Waals surface area contributed by atoms with Gasteiger partial charge in [-0.15, -0.1) is 5.16 Å². The van der Waals surface area contributed by atoms with Crippen molar-refractivity contribution in [1.29, 1.82) is 0 Å². The lowest BCUT2D eigenvalue weighted by Crippen LogP contribution is -2.33. The Bertz CT molecular complexity index is 576. The number of oxime groups is 1. The maximum atomic E-state index is 12.1. The molecule has 0 saturated carbocycles. The number of carboxylic acid groups (broad SMARTS) is 1. The Kier molecular flexibility index (Phi) is 4.32. The highest BCUT2D eigenvalue weighted by Crippen LogP contribution is 2.23. The Hall–Kier alpha value is -2.70. The van der Waals surface area contributed by atoms with Crippen LogP contribution in [0.2, 0.25) is 0 Å². The van der Waals surface area contributed by atoms with E-state index < -0.39 is 23.7 Å². The molecular formula is C14H14N2O5. The van der Waals surface area contributed by atoms with Crippen molar-refractivity contribution in [2.45, 2.75) is 12.8 Å². The van der Waals surface area contributed by atoms with Crippen molar-refractivity contribution in [1.82, 2.24) is 4.90 Å². The van der Waals surface area contributed by atoms with E-state index in [1.165, 1.54) is 0 Å². The molecule has 2 rings (SSSR count). The number of imide groups is 1. The molecule has 0 radical (unpaired) electrons. The van der Waals surface area contributed by atoms with Crippen LogP contribution in [0.15, 0.2) is 29.4 Å². The molecule has 1 aliphatic heterocycles. The zero-order valence-electron chi connectivity index (χ0n) is 11.1. The zero-order chi connectivity index (χ0) is 15.4. The van der Waals surface area contributed by atoms with Crippen LogP contribution in [-0.2, 0) is 4.79 Å². The van der Waals surface area contributed by atoms with Gasteiger partial charge in [0.15, 0.2) is 0 Å². The molecule has 2 amide bonds. The van der Waals surface area contributed by atoms with Crippen LogP contribution in [-0.4, -0.2) is 45.8 Å². The summed E-state index contributed by atoms with van der Waals surface area (Å²) >= 11 is 0. The van der Waals surface area contributed by atoms with Crippen molar-refractivity contribution in [3.63, 3.8) is 0 Å². The van der Waals surface area contributed by atoms with E-state index in [2.05, 4.69) is 5.16 Å². The van der Waals surface area contributed by atoms with Crippen molar-refractivity contribution in [2.75, 3.05) is 6.54 Å². The van der Waals surface area contributed by atoms with Gasteiger partial charge < -0.3 is 10.3 Å². The number of rotatable bonds is 6. The third-order valence-corrected chi connectivity index (χ3v) is 3.40. The minimum absolute atomic E-state index is 0.0165. The van der Waals surface area contributed by atoms with Crippen molar-refractivity contribution >= 4 is 24.0 Å². The normalized spacial score (nSPS) is 15.5. The standard InChI is InChI=1S/C14H14N2O5/c17-12-10-3-1-2-4-11(10)13(18)16(12)8-6-9(14(19)20)5-7-15-21/h1-4,7,9,21H,5-6,8H2,(H,19,20). The molecule has 1 aromatic rings. The average molecular weight is 290 g/mol.